The van der Waals surface area contributed by atoms with E-state index in [2.05, 4.69) is 15.2 Å². The van der Waals surface area contributed by atoms with Crippen LogP contribution in [0.25, 0.3) is 17.1 Å². The summed E-state index contributed by atoms with van der Waals surface area (Å²) in [4.78, 5) is 4.09. The van der Waals surface area contributed by atoms with Crippen LogP contribution in [-0.4, -0.2) is 19.7 Å². The van der Waals surface area contributed by atoms with Crippen LogP contribution >= 0.6 is 11.8 Å². The van der Waals surface area contributed by atoms with Crippen molar-refractivity contribution in [2.75, 3.05) is 0 Å². The average Bonchev–Trinajstić information content (AvgIpc) is 3.17. The summed E-state index contributed by atoms with van der Waals surface area (Å²) in [6.45, 7) is 0. The highest BCUT2D eigenvalue weighted by Gasteiger charge is 2.31. The minimum Gasteiger partial charge on any atom is -0.270 e. The third-order valence-electron chi connectivity index (χ3n) is 4.20. The highest BCUT2D eigenvalue weighted by atomic mass is 32.2. The van der Waals surface area contributed by atoms with Gasteiger partial charge in [0, 0.05) is 23.7 Å². The first-order valence-electron chi connectivity index (χ1n) is 8.72. The lowest BCUT2D eigenvalue weighted by Gasteiger charge is -2.13. The first-order chi connectivity index (χ1) is 14.0. The maximum Gasteiger partial charge on any atom is 0.416 e. The van der Waals surface area contributed by atoms with Crippen molar-refractivity contribution in [2.45, 2.75) is 17.1 Å². The first kappa shape index (κ1) is 19.2. The molecule has 0 radical (unpaired) electrons. The lowest BCUT2D eigenvalue weighted by atomic mass is 10.2. The fourth-order valence-electron chi connectivity index (χ4n) is 2.82. The molecule has 0 aliphatic rings. The summed E-state index contributed by atoms with van der Waals surface area (Å²) in [5.41, 5.74) is 1.38. The summed E-state index contributed by atoms with van der Waals surface area (Å²) in [7, 11) is 0. The Morgan fingerprint density at radius 2 is 1.72 bits per heavy atom. The Bertz CT molecular complexity index is 1100. The van der Waals surface area contributed by atoms with Crippen molar-refractivity contribution < 1.29 is 13.2 Å². The minimum atomic E-state index is -4.43. The van der Waals surface area contributed by atoms with Gasteiger partial charge in [0.05, 0.1) is 11.3 Å². The molecule has 4 rings (SSSR count). The van der Waals surface area contributed by atoms with Gasteiger partial charge in [-0.3, -0.25) is 9.55 Å². The highest BCUT2D eigenvalue weighted by molar-refractivity contribution is 7.98. The van der Waals surface area contributed by atoms with E-state index in [9.17, 15) is 13.2 Å². The summed E-state index contributed by atoms with van der Waals surface area (Å²) in [6, 6.07) is 18.5. The van der Waals surface area contributed by atoms with Crippen LogP contribution in [0.3, 0.4) is 0 Å². The predicted octanol–water partition coefficient (Wildman–Crippen LogP) is 5.64. The first-order valence-corrected chi connectivity index (χ1v) is 9.71. The van der Waals surface area contributed by atoms with Crippen LogP contribution in [0.5, 0.6) is 0 Å². The van der Waals surface area contributed by atoms with E-state index >= 15 is 0 Å². The topological polar surface area (TPSA) is 43.6 Å². The van der Waals surface area contributed by atoms with E-state index in [0.29, 0.717) is 28.0 Å². The number of benzene rings is 2. The molecular formula is C21H15F3N4S. The third kappa shape index (κ3) is 4.32. The molecule has 0 N–H and O–H groups in total. The number of rotatable bonds is 5. The summed E-state index contributed by atoms with van der Waals surface area (Å²) >= 11 is 1.41. The van der Waals surface area contributed by atoms with Gasteiger partial charge in [0.15, 0.2) is 11.0 Å². The number of pyridine rings is 1. The van der Waals surface area contributed by atoms with Crippen LogP contribution in [0.1, 0.15) is 11.1 Å². The molecule has 2 heterocycles. The molecule has 29 heavy (non-hydrogen) atoms. The van der Waals surface area contributed by atoms with Crippen molar-refractivity contribution in [3.63, 3.8) is 0 Å². The zero-order chi connectivity index (χ0) is 20.3. The molecule has 4 aromatic rings. The average molecular weight is 412 g/mol. The maximum atomic E-state index is 13.2. The van der Waals surface area contributed by atoms with Gasteiger partial charge in [-0.25, -0.2) is 0 Å². The molecule has 8 heteroatoms. The number of thioether (sulfide) groups is 1. The molecule has 0 spiro atoms. The Labute approximate surface area is 169 Å². The number of hydrogen-bond donors (Lipinski definition) is 0. The normalized spacial score (nSPS) is 11.6. The Morgan fingerprint density at radius 1 is 0.897 bits per heavy atom. The second kappa shape index (κ2) is 8.08. The summed E-state index contributed by atoms with van der Waals surface area (Å²) in [5.74, 6) is 1.05. The smallest absolute Gasteiger partial charge is 0.270 e. The Morgan fingerprint density at radius 3 is 2.45 bits per heavy atom. The van der Waals surface area contributed by atoms with Crippen LogP contribution in [0, 0.1) is 0 Å². The number of hydrogen-bond acceptors (Lipinski definition) is 4. The van der Waals surface area contributed by atoms with Gasteiger partial charge in [0.25, 0.3) is 0 Å². The quantitative estimate of drug-likeness (QED) is 0.398. The van der Waals surface area contributed by atoms with Gasteiger partial charge in [-0.2, -0.15) is 13.2 Å². The van der Waals surface area contributed by atoms with Gasteiger partial charge < -0.3 is 0 Å². The fraction of sp³-hybridized carbons (Fsp3) is 0.0952. The molecule has 0 bridgehead atoms. The highest BCUT2D eigenvalue weighted by Crippen LogP contribution is 2.33. The van der Waals surface area contributed by atoms with Crippen molar-refractivity contribution >= 4 is 11.8 Å². The molecule has 0 unspecified atom stereocenters. The monoisotopic (exact) mass is 412 g/mol. The molecule has 0 fully saturated rings. The van der Waals surface area contributed by atoms with Crippen molar-refractivity contribution in [1.29, 1.82) is 0 Å². The molecule has 0 saturated heterocycles. The second-order valence-electron chi connectivity index (χ2n) is 6.21. The van der Waals surface area contributed by atoms with Crippen LogP contribution < -0.4 is 0 Å². The number of alkyl halides is 3. The molecule has 0 atom stereocenters. The van der Waals surface area contributed by atoms with Crippen molar-refractivity contribution in [1.82, 2.24) is 19.7 Å². The zero-order valence-electron chi connectivity index (χ0n) is 15.0. The van der Waals surface area contributed by atoms with E-state index in [0.717, 1.165) is 17.7 Å². The Balaban J connectivity index is 1.78. The molecule has 0 amide bonds. The van der Waals surface area contributed by atoms with Crippen molar-refractivity contribution in [3.8, 4) is 17.1 Å². The van der Waals surface area contributed by atoms with E-state index in [1.807, 2.05) is 30.3 Å². The van der Waals surface area contributed by atoms with E-state index < -0.39 is 11.7 Å². The molecule has 0 aliphatic carbocycles. The standard InChI is InChI=1S/C21H15F3N4S/c22-21(23,24)17-9-4-10-18(12-17)28-19(16-8-5-11-25-13-16)26-27-20(28)29-14-15-6-2-1-3-7-15/h1-13H,14H2. The van der Waals surface area contributed by atoms with E-state index in [1.165, 1.54) is 17.8 Å². The molecule has 4 nitrogen and oxygen atoms in total. The molecule has 2 aromatic heterocycles. The number of halogens is 3. The lowest BCUT2D eigenvalue weighted by molar-refractivity contribution is -0.137. The molecule has 2 aromatic carbocycles. The molecular weight excluding hydrogens is 397 g/mol. The van der Waals surface area contributed by atoms with E-state index in [-0.39, 0.29) is 0 Å². The fourth-order valence-corrected chi connectivity index (χ4v) is 3.73. The Kier molecular flexibility index (Phi) is 5.35. The largest absolute Gasteiger partial charge is 0.416 e. The minimum absolute atomic E-state index is 0.347. The molecule has 0 saturated carbocycles. The predicted molar refractivity (Wildman–Crippen MR) is 106 cm³/mol. The van der Waals surface area contributed by atoms with Crippen LogP contribution in [-0.2, 0) is 11.9 Å². The molecule has 146 valence electrons. The zero-order valence-corrected chi connectivity index (χ0v) is 15.9. The van der Waals surface area contributed by atoms with Gasteiger partial charge in [0.1, 0.15) is 0 Å². The van der Waals surface area contributed by atoms with Gasteiger partial charge in [0.2, 0.25) is 0 Å². The van der Waals surface area contributed by atoms with Crippen LogP contribution in [0.4, 0.5) is 13.2 Å². The number of nitrogens with zero attached hydrogens (tertiary/aromatic N) is 4. The van der Waals surface area contributed by atoms with Crippen molar-refractivity contribution in [2.24, 2.45) is 0 Å². The van der Waals surface area contributed by atoms with Gasteiger partial charge in [-0.15, -0.1) is 10.2 Å². The summed E-state index contributed by atoms with van der Waals surface area (Å²) in [6.07, 6.45) is -1.20. The SMILES string of the molecule is FC(F)(F)c1cccc(-n2c(SCc3ccccc3)nnc2-c2cccnc2)c1. The van der Waals surface area contributed by atoms with Crippen LogP contribution in [0.2, 0.25) is 0 Å². The lowest BCUT2D eigenvalue weighted by Crippen LogP contribution is -2.07. The van der Waals surface area contributed by atoms with Gasteiger partial charge >= 0.3 is 6.18 Å². The van der Waals surface area contributed by atoms with Crippen molar-refractivity contribution in [3.05, 3.63) is 90.3 Å². The summed E-state index contributed by atoms with van der Waals surface area (Å²) < 4.78 is 41.4. The van der Waals surface area contributed by atoms with Gasteiger partial charge in [-0.1, -0.05) is 48.2 Å². The third-order valence-corrected chi connectivity index (χ3v) is 5.20. The van der Waals surface area contributed by atoms with Crippen LogP contribution in [0.15, 0.2) is 84.3 Å². The van der Waals surface area contributed by atoms with Gasteiger partial charge in [-0.05, 0) is 35.9 Å². The maximum absolute atomic E-state index is 13.2. The second-order valence-corrected chi connectivity index (χ2v) is 7.15. The molecule has 0 aliphatic heterocycles. The number of aromatic nitrogens is 4. The van der Waals surface area contributed by atoms with E-state index in [1.54, 1.807) is 35.2 Å². The summed E-state index contributed by atoms with van der Waals surface area (Å²) in [5, 5.41) is 8.99. The van der Waals surface area contributed by atoms with E-state index in [4.69, 9.17) is 0 Å². The Hall–Kier alpha value is -3.13.